The summed E-state index contributed by atoms with van der Waals surface area (Å²) in [5.74, 6) is 0.684. The highest BCUT2D eigenvalue weighted by Crippen LogP contribution is 2.31. The van der Waals surface area contributed by atoms with Crippen molar-refractivity contribution < 1.29 is 9.53 Å². The summed E-state index contributed by atoms with van der Waals surface area (Å²) in [7, 11) is 1.63. The summed E-state index contributed by atoms with van der Waals surface area (Å²) >= 11 is 0. The van der Waals surface area contributed by atoms with E-state index in [0.717, 1.165) is 17.0 Å². The minimum atomic E-state index is -0.653. The van der Waals surface area contributed by atoms with E-state index in [1.54, 1.807) is 7.11 Å². The number of carbonyl (C=O) groups excluding carboxylic acids is 1. The Morgan fingerprint density at radius 1 is 1.05 bits per heavy atom. The number of hydrogen-bond acceptors (Lipinski definition) is 3. The predicted octanol–water partition coefficient (Wildman–Crippen LogP) is 2.72. The fourth-order valence-electron chi connectivity index (χ4n) is 2.46. The van der Waals surface area contributed by atoms with Crippen LogP contribution in [0.25, 0.3) is 0 Å². The first-order valence-electron chi connectivity index (χ1n) is 6.47. The quantitative estimate of drug-likeness (QED) is 0.880. The molecule has 2 N–H and O–H groups in total. The minimum Gasteiger partial charge on any atom is -0.497 e. The summed E-state index contributed by atoms with van der Waals surface area (Å²) in [4.78, 5) is 12.2. The zero-order valence-electron chi connectivity index (χ0n) is 11.4. The monoisotopic (exact) mass is 268 g/mol. The molecule has 1 atom stereocenters. The van der Waals surface area contributed by atoms with Crippen LogP contribution in [0, 0.1) is 0 Å². The maximum absolute atomic E-state index is 12.2. The van der Waals surface area contributed by atoms with E-state index in [0.29, 0.717) is 5.56 Å². The molecule has 20 heavy (non-hydrogen) atoms. The van der Waals surface area contributed by atoms with Gasteiger partial charge >= 0.3 is 0 Å². The summed E-state index contributed by atoms with van der Waals surface area (Å²) in [6.07, 6.45) is 0. The number of para-hydroxylation sites is 1. The van der Waals surface area contributed by atoms with Gasteiger partial charge in [0.25, 0.3) is 5.91 Å². The van der Waals surface area contributed by atoms with Crippen molar-refractivity contribution in [3.8, 4) is 5.75 Å². The number of hydrogen-bond donors (Lipinski definition) is 2. The van der Waals surface area contributed by atoms with Crippen LogP contribution in [0.5, 0.6) is 5.75 Å². The van der Waals surface area contributed by atoms with Crippen LogP contribution in [0.15, 0.2) is 48.5 Å². The molecule has 1 aliphatic heterocycles. The molecule has 4 heteroatoms. The molecule has 3 rings (SSSR count). The molecule has 0 aromatic heterocycles. The predicted molar refractivity (Wildman–Crippen MR) is 77.9 cm³/mol. The number of anilines is 1. The van der Waals surface area contributed by atoms with E-state index in [1.807, 2.05) is 55.5 Å². The molecule has 1 unspecified atom stereocenters. The van der Waals surface area contributed by atoms with Gasteiger partial charge in [0, 0.05) is 11.3 Å². The number of benzene rings is 2. The standard InChI is InChI=1S/C16H16N2O2/c1-16(11-6-5-7-12(10-11)20-2)17-14-9-4-3-8-13(14)15(19)18-16/h3-10,17H,1-2H3,(H,18,19). The van der Waals surface area contributed by atoms with E-state index in [-0.39, 0.29) is 5.91 Å². The lowest BCUT2D eigenvalue weighted by Gasteiger charge is -2.38. The molecule has 0 aliphatic carbocycles. The van der Waals surface area contributed by atoms with Crippen molar-refractivity contribution in [2.75, 3.05) is 12.4 Å². The summed E-state index contributed by atoms with van der Waals surface area (Å²) in [5.41, 5.74) is 1.79. The molecule has 0 spiro atoms. The molecule has 2 aromatic carbocycles. The highest BCUT2D eigenvalue weighted by Gasteiger charge is 2.34. The molecule has 0 fully saturated rings. The Hall–Kier alpha value is -2.49. The van der Waals surface area contributed by atoms with Crippen molar-refractivity contribution >= 4 is 11.6 Å². The number of nitrogens with one attached hydrogen (secondary N) is 2. The third-order valence-electron chi connectivity index (χ3n) is 3.57. The summed E-state index contributed by atoms with van der Waals surface area (Å²) in [5, 5.41) is 6.39. The topological polar surface area (TPSA) is 50.4 Å². The van der Waals surface area contributed by atoms with Crippen molar-refractivity contribution in [3.05, 3.63) is 59.7 Å². The molecular formula is C16H16N2O2. The average molecular weight is 268 g/mol. The van der Waals surface area contributed by atoms with Gasteiger partial charge in [-0.2, -0.15) is 0 Å². The van der Waals surface area contributed by atoms with Crippen LogP contribution >= 0.6 is 0 Å². The van der Waals surface area contributed by atoms with Gasteiger partial charge < -0.3 is 15.4 Å². The van der Waals surface area contributed by atoms with Crippen molar-refractivity contribution in [1.82, 2.24) is 5.32 Å². The molecule has 0 saturated heterocycles. The molecule has 0 bridgehead atoms. The summed E-state index contributed by atoms with van der Waals surface area (Å²) < 4.78 is 5.25. The van der Waals surface area contributed by atoms with Gasteiger partial charge in [0.05, 0.1) is 12.7 Å². The van der Waals surface area contributed by atoms with Crippen LogP contribution in [-0.2, 0) is 5.66 Å². The van der Waals surface area contributed by atoms with E-state index >= 15 is 0 Å². The molecular weight excluding hydrogens is 252 g/mol. The smallest absolute Gasteiger partial charge is 0.255 e. The fourth-order valence-corrected chi connectivity index (χ4v) is 2.46. The van der Waals surface area contributed by atoms with Crippen LogP contribution in [0.3, 0.4) is 0 Å². The van der Waals surface area contributed by atoms with Crippen molar-refractivity contribution in [3.63, 3.8) is 0 Å². The highest BCUT2D eigenvalue weighted by atomic mass is 16.5. The highest BCUT2D eigenvalue weighted by molar-refractivity contribution is 6.02. The van der Waals surface area contributed by atoms with Crippen LogP contribution in [-0.4, -0.2) is 13.0 Å². The van der Waals surface area contributed by atoms with Crippen LogP contribution in [0.4, 0.5) is 5.69 Å². The molecule has 0 radical (unpaired) electrons. The van der Waals surface area contributed by atoms with E-state index in [1.165, 1.54) is 0 Å². The zero-order chi connectivity index (χ0) is 14.2. The Bertz CT molecular complexity index is 669. The molecule has 2 aromatic rings. The Labute approximate surface area is 117 Å². The first kappa shape index (κ1) is 12.5. The zero-order valence-corrected chi connectivity index (χ0v) is 11.4. The van der Waals surface area contributed by atoms with Crippen molar-refractivity contribution in [1.29, 1.82) is 0 Å². The van der Waals surface area contributed by atoms with Gasteiger partial charge in [-0.25, -0.2) is 0 Å². The number of ether oxygens (including phenoxy) is 1. The lowest BCUT2D eigenvalue weighted by atomic mass is 9.96. The second-order valence-electron chi connectivity index (χ2n) is 4.98. The largest absolute Gasteiger partial charge is 0.497 e. The minimum absolute atomic E-state index is 0.0790. The van der Waals surface area contributed by atoms with Crippen LogP contribution in [0.1, 0.15) is 22.8 Å². The number of rotatable bonds is 2. The SMILES string of the molecule is COc1cccc(C2(C)NC(=O)c3ccccc3N2)c1. The molecule has 102 valence electrons. The summed E-state index contributed by atoms with van der Waals surface area (Å²) in [6.45, 7) is 1.94. The molecule has 1 aliphatic rings. The maximum Gasteiger partial charge on any atom is 0.255 e. The Morgan fingerprint density at radius 2 is 1.85 bits per heavy atom. The van der Waals surface area contributed by atoms with Gasteiger partial charge in [-0.1, -0.05) is 24.3 Å². The van der Waals surface area contributed by atoms with Gasteiger partial charge in [-0.05, 0) is 31.2 Å². The Kier molecular flexibility index (Phi) is 2.86. The average Bonchev–Trinajstić information content (AvgIpc) is 2.47. The van der Waals surface area contributed by atoms with Crippen molar-refractivity contribution in [2.24, 2.45) is 0 Å². The first-order chi connectivity index (χ1) is 9.62. The molecule has 1 amide bonds. The number of methoxy groups -OCH3 is 1. The normalized spacial score (nSPS) is 20.6. The second kappa shape index (κ2) is 4.56. The van der Waals surface area contributed by atoms with Gasteiger partial charge in [0.1, 0.15) is 11.4 Å². The number of amides is 1. The van der Waals surface area contributed by atoms with Crippen molar-refractivity contribution in [2.45, 2.75) is 12.6 Å². The van der Waals surface area contributed by atoms with Gasteiger partial charge in [0.2, 0.25) is 0 Å². The Morgan fingerprint density at radius 3 is 2.65 bits per heavy atom. The second-order valence-corrected chi connectivity index (χ2v) is 4.98. The van der Waals surface area contributed by atoms with Gasteiger partial charge in [-0.15, -0.1) is 0 Å². The lowest BCUT2D eigenvalue weighted by molar-refractivity contribution is 0.0906. The number of fused-ring (bicyclic) bond motifs is 1. The summed E-state index contributed by atoms with van der Waals surface area (Å²) in [6, 6.07) is 15.2. The molecule has 4 nitrogen and oxygen atoms in total. The van der Waals surface area contributed by atoms with E-state index in [9.17, 15) is 4.79 Å². The fraction of sp³-hybridized carbons (Fsp3) is 0.188. The maximum atomic E-state index is 12.2. The van der Waals surface area contributed by atoms with E-state index in [4.69, 9.17) is 4.74 Å². The first-order valence-corrected chi connectivity index (χ1v) is 6.47. The van der Waals surface area contributed by atoms with E-state index in [2.05, 4.69) is 10.6 Å². The number of carbonyl (C=O) groups is 1. The third-order valence-corrected chi connectivity index (χ3v) is 3.57. The Balaban J connectivity index is 2.04. The van der Waals surface area contributed by atoms with Crippen LogP contribution < -0.4 is 15.4 Å². The van der Waals surface area contributed by atoms with Crippen LogP contribution in [0.2, 0.25) is 0 Å². The van der Waals surface area contributed by atoms with Gasteiger partial charge in [-0.3, -0.25) is 4.79 Å². The molecule has 0 saturated carbocycles. The van der Waals surface area contributed by atoms with Gasteiger partial charge in [0.15, 0.2) is 0 Å². The third kappa shape index (κ3) is 1.99. The molecule has 1 heterocycles. The lowest BCUT2D eigenvalue weighted by Crippen LogP contribution is -2.52. The van der Waals surface area contributed by atoms with E-state index < -0.39 is 5.66 Å².